The van der Waals surface area contributed by atoms with Crippen LogP contribution in [-0.4, -0.2) is 17.0 Å². The van der Waals surface area contributed by atoms with Crippen LogP contribution in [0.5, 0.6) is 0 Å². The highest BCUT2D eigenvalue weighted by Gasteiger charge is 2.26. The molecule has 0 saturated heterocycles. The van der Waals surface area contributed by atoms with E-state index in [9.17, 15) is 0 Å². The smallest absolute Gasteiger partial charge is 0.144 e. The Morgan fingerprint density at radius 2 is 2.11 bits per heavy atom. The molecule has 2 rings (SSSR count). The molecule has 1 aromatic rings. The fourth-order valence-electron chi connectivity index (χ4n) is 2.70. The van der Waals surface area contributed by atoms with Crippen molar-refractivity contribution in [2.75, 3.05) is 12.4 Å². The van der Waals surface area contributed by atoms with E-state index in [1.54, 1.807) is 0 Å². The summed E-state index contributed by atoms with van der Waals surface area (Å²) in [6.07, 6.45) is 5.89. The Kier molecular flexibility index (Phi) is 4.60. The average molecular weight is 312 g/mol. The number of aryl methyl sites for hydroxylation is 1. The van der Waals surface area contributed by atoms with Gasteiger partial charge < -0.3 is 5.32 Å². The first-order chi connectivity index (χ1) is 8.65. The van der Waals surface area contributed by atoms with Crippen molar-refractivity contribution >= 4 is 21.7 Å². The van der Waals surface area contributed by atoms with Gasteiger partial charge in [0, 0.05) is 13.0 Å². The van der Waals surface area contributed by atoms with Crippen LogP contribution in [0.2, 0.25) is 0 Å². The molecule has 0 radical (unpaired) electrons. The van der Waals surface area contributed by atoms with E-state index in [0.29, 0.717) is 5.92 Å². The fourth-order valence-corrected chi connectivity index (χ4v) is 3.28. The van der Waals surface area contributed by atoms with Crippen molar-refractivity contribution in [1.82, 2.24) is 9.97 Å². The molecule has 1 N–H and O–H groups in total. The lowest BCUT2D eigenvalue weighted by molar-refractivity contribution is 0.583. The third-order valence-electron chi connectivity index (χ3n) is 3.72. The number of aromatic nitrogens is 2. The summed E-state index contributed by atoms with van der Waals surface area (Å²) in [5.41, 5.74) is 1.14. The topological polar surface area (TPSA) is 37.8 Å². The van der Waals surface area contributed by atoms with E-state index >= 15 is 0 Å². The Morgan fingerprint density at radius 3 is 2.67 bits per heavy atom. The fraction of sp³-hybridized carbons (Fsp3) is 0.714. The first kappa shape index (κ1) is 13.8. The number of nitrogens with zero attached hydrogens (tertiary/aromatic N) is 2. The predicted octanol–water partition coefficient (Wildman–Crippen LogP) is 4.14. The number of nitrogens with one attached hydrogen (secondary N) is 1. The molecular formula is C14H22BrN3. The van der Waals surface area contributed by atoms with Gasteiger partial charge in [-0.2, -0.15) is 0 Å². The molecule has 1 aliphatic rings. The van der Waals surface area contributed by atoms with Crippen molar-refractivity contribution in [1.29, 1.82) is 0 Å². The third kappa shape index (κ3) is 2.85. The standard InChI is InChI=1S/C14H22BrN3/c1-4-5-11-12(15)14(16-3)18-13(17-11)10-7-6-9(2)8-10/h9-10H,4-8H2,1-3H3,(H,16,17,18). The number of rotatable bonds is 4. The molecule has 1 heterocycles. The second-order valence-corrected chi connectivity index (χ2v) is 6.10. The Labute approximate surface area is 118 Å². The van der Waals surface area contributed by atoms with Gasteiger partial charge in [0.1, 0.15) is 11.6 Å². The molecule has 2 atom stereocenters. The summed E-state index contributed by atoms with van der Waals surface area (Å²) < 4.78 is 1.03. The lowest BCUT2D eigenvalue weighted by atomic mass is 10.1. The maximum Gasteiger partial charge on any atom is 0.144 e. The minimum Gasteiger partial charge on any atom is -0.372 e. The summed E-state index contributed by atoms with van der Waals surface area (Å²) >= 11 is 3.61. The van der Waals surface area contributed by atoms with Gasteiger partial charge in [0.15, 0.2) is 0 Å². The minimum atomic E-state index is 0.552. The maximum absolute atomic E-state index is 4.79. The molecule has 18 heavy (non-hydrogen) atoms. The van der Waals surface area contributed by atoms with Gasteiger partial charge in [-0.25, -0.2) is 9.97 Å². The van der Waals surface area contributed by atoms with Gasteiger partial charge in [-0.1, -0.05) is 20.3 Å². The first-order valence-electron chi connectivity index (χ1n) is 6.89. The highest BCUT2D eigenvalue weighted by Crippen LogP contribution is 2.38. The first-order valence-corrected chi connectivity index (χ1v) is 7.69. The molecule has 1 aliphatic carbocycles. The van der Waals surface area contributed by atoms with E-state index in [2.05, 4.69) is 40.1 Å². The molecule has 3 nitrogen and oxygen atoms in total. The summed E-state index contributed by atoms with van der Waals surface area (Å²) in [5.74, 6) is 3.34. The van der Waals surface area contributed by atoms with Crippen LogP contribution in [0, 0.1) is 5.92 Å². The zero-order valence-electron chi connectivity index (χ0n) is 11.5. The third-order valence-corrected chi connectivity index (χ3v) is 4.55. The monoisotopic (exact) mass is 311 g/mol. The zero-order chi connectivity index (χ0) is 13.1. The van der Waals surface area contributed by atoms with Crippen molar-refractivity contribution in [3.8, 4) is 0 Å². The molecule has 2 unspecified atom stereocenters. The van der Waals surface area contributed by atoms with E-state index in [4.69, 9.17) is 4.98 Å². The van der Waals surface area contributed by atoms with Gasteiger partial charge in [0.05, 0.1) is 10.2 Å². The highest BCUT2D eigenvalue weighted by molar-refractivity contribution is 9.10. The number of halogens is 1. The Morgan fingerprint density at radius 1 is 1.33 bits per heavy atom. The van der Waals surface area contributed by atoms with Gasteiger partial charge in [0.2, 0.25) is 0 Å². The van der Waals surface area contributed by atoms with Gasteiger partial charge in [-0.3, -0.25) is 0 Å². The normalized spacial score (nSPS) is 23.3. The summed E-state index contributed by atoms with van der Waals surface area (Å²) in [4.78, 5) is 9.47. The number of hydrogen-bond donors (Lipinski definition) is 1. The van der Waals surface area contributed by atoms with Crippen LogP contribution in [0.15, 0.2) is 4.47 Å². The van der Waals surface area contributed by atoms with Crippen molar-refractivity contribution < 1.29 is 0 Å². The molecule has 0 spiro atoms. The molecule has 0 aliphatic heterocycles. The molecule has 4 heteroatoms. The summed E-state index contributed by atoms with van der Waals surface area (Å²) in [7, 11) is 1.92. The molecule has 0 aromatic carbocycles. The number of hydrogen-bond acceptors (Lipinski definition) is 3. The molecule has 1 saturated carbocycles. The second-order valence-electron chi connectivity index (χ2n) is 5.31. The maximum atomic E-state index is 4.79. The number of anilines is 1. The van der Waals surface area contributed by atoms with Crippen LogP contribution in [-0.2, 0) is 6.42 Å². The van der Waals surface area contributed by atoms with Gasteiger partial charge in [-0.05, 0) is 47.5 Å². The summed E-state index contributed by atoms with van der Waals surface area (Å²) in [6, 6.07) is 0. The molecule has 0 bridgehead atoms. The highest BCUT2D eigenvalue weighted by atomic mass is 79.9. The van der Waals surface area contributed by atoms with Crippen LogP contribution in [0.3, 0.4) is 0 Å². The summed E-state index contributed by atoms with van der Waals surface area (Å²) in [6.45, 7) is 4.51. The van der Waals surface area contributed by atoms with Crippen LogP contribution >= 0.6 is 15.9 Å². The quantitative estimate of drug-likeness (QED) is 0.908. The van der Waals surface area contributed by atoms with Crippen LogP contribution in [0.25, 0.3) is 0 Å². The van der Waals surface area contributed by atoms with E-state index < -0.39 is 0 Å². The van der Waals surface area contributed by atoms with Crippen LogP contribution in [0.1, 0.15) is 57.0 Å². The summed E-state index contributed by atoms with van der Waals surface area (Å²) in [5, 5.41) is 3.17. The molecule has 1 fully saturated rings. The lowest BCUT2D eigenvalue weighted by Crippen LogP contribution is -2.08. The van der Waals surface area contributed by atoms with E-state index in [1.165, 1.54) is 19.3 Å². The van der Waals surface area contributed by atoms with Crippen LogP contribution in [0.4, 0.5) is 5.82 Å². The zero-order valence-corrected chi connectivity index (χ0v) is 13.0. The van der Waals surface area contributed by atoms with Crippen molar-refractivity contribution in [2.45, 2.75) is 51.9 Å². The molecular weight excluding hydrogens is 290 g/mol. The van der Waals surface area contributed by atoms with Crippen molar-refractivity contribution in [2.24, 2.45) is 5.92 Å². The SMILES string of the molecule is CCCc1nc(C2CCC(C)C2)nc(NC)c1Br. The van der Waals surface area contributed by atoms with Crippen molar-refractivity contribution in [3.63, 3.8) is 0 Å². The van der Waals surface area contributed by atoms with E-state index in [1.807, 2.05) is 7.05 Å². The Hall–Kier alpha value is -0.640. The molecule has 1 aromatic heterocycles. The second kappa shape index (κ2) is 6.00. The minimum absolute atomic E-state index is 0.552. The van der Waals surface area contributed by atoms with Gasteiger partial charge >= 0.3 is 0 Å². The van der Waals surface area contributed by atoms with Crippen molar-refractivity contribution in [3.05, 3.63) is 16.0 Å². The average Bonchev–Trinajstić information content (AvgIpc) is 2.79. The Bertz CT molecular complexity index is 420. The largest absolute Gasteiger partial charge is 0.372 e. The predicted molar refractivity (Wildman–Crippen MR) is 79.0 cm³/mol. The lowest BCUT2D eigenvalue weighted by Gasteiger charge is -2.14. The van der Waals surface area contributed by atoms with Gasteiger partial charge in [0.25, 0.3) is 0 Å². The Balaban J connectivity index is 2.32. The van der Waals surface area contributed by atoms with Gasteiger partial charge in [-0.15, -0.1) is 0 Å². The molecule has 100 valence electrons. The van der Waals surface area contributed by atoms with E-state index in [-0.39, 0.29) is 0 Å². The molecule has 0 amide bonds. The van der Waals surface area contributed by atoms with E-state index in [0.717, 1.165) is 40.6 Å². The van der Waals surface area contributed by atoms with Crippen LogP contribution < -0.4 is 5.32 Å².